The van der Waals surface area contributed by atoms with Gasteiger partial charge in [-0.25, -0.2) is 21.9 Å². The minimum absolute atomic E-state index is 0.0593. The molecular weight excluding hydrogens is 374 g/mol. The van der Waals surface area contributed by atoms with E-state index in [0.29, 0.717) is 18.2 Å². The number of halogens is 2. The average Bonchev–Trinajstić information content (AvgIpc) is 2.60. The molecule has 2 aromatic carbocycles. The lowest BCUT2D eigenvalue weighted by Gasteiger charge is -2.14. The normalized spacial score (nSPS) is 12.6. The van der Waals surface area contributed by atoms with Crippen molar-refractivity contribution in [3.05, 3.63) is 65.2 Å². The van der Waals surface area contributed by atoms with Crippen LogP contribution in [-0.4, -0.2) is 26.6 Å². The number of anilines is 1. The highest BCUT2D eigenvalue weighted by atomic mass is 32.2. The molecule has 0 saturated heterocycles. The fourth-order valence-corrected chi connectivity index (χ4v) is 3.66. The third-order valence-corrected chi connectivity index (χ3v) is 5.55. The standard InChI is InChI=1S/C19H22F2N2O3S/c1-3-10-27(25,26)22-12-13(2)14-4-7-16(8-5-14)23-19(24)17-9-6-15(20)11-18(17)21/h4-9,11,13,22H,3,10,12H2,1-2H3,(H,23,24). The lowest BCUT2D eigenvalue weighted by Crippen LogP contribution is -2.29. The van der Waals surface area contributed by atoms with E-state index in [4.69, 9.17) is 0 Å². The van der Waals surface area contributed by atoms with Gasteiger partial charge in [0.15, 0.2) is 0 Å². The van der Waals surface area contributed by atoms with Crippen LogP contribution in [0.4, 0.5) is 14.5 Å². The highest BCUT2D eigenvalue weighted by Crippen LogP contribution is 2.19. The molecule has 0 aromatic heterocycles. The topological polar surface area (TPSA) is 75.3 Å². The van der Waals surface area contributed by atoms with Crippen LogP contribution in [0.5, 0.6) is 0 Å². The van der Waals surface area contributed by atoms with Crippen LogP contribution in [0.25, 0.3) is 0 Å². The maximum absolute atomic E-state index is 13.7. The van der Waals surface area contributed by atoms with Gasteiger partial charge in [0.05, 0.1) is 11.3 Å². The number of hydrogen-bond donors (Lipinski definition) is 2. The molecule has 0 aliphatic rings. The molecule has 0 radical (unpaired) electrons. The lowest BCUT2D eigenvalue weighted by atomic mass is 10.0. The molecule has 2 rings (SSSR count). The third kappa shape index (κ3) is 6.11. The van der Waals surface area contributed by atoms with Crippen molar-refractivity contribution in [3.8, 4) is 0 Å². The summed E-state index contributed by atoms with van der Waals surface area (Å²) in [5.74, 6) is -2.34. The van der Waals surface area contributed by atoms with E-state index in [9.17, 15) is 22.0 Å². The smallest absolute Gasteiger partial charge is 0.258 e. The van der Waals surface area contributed by atoms with Gasteiger partial charge < -0.3 is 5.32 Å². The van der Waals surface area contributed by atoms with Gasteiger partial charge in [0, 0.05) is 18.3 Å². The van der Waals surface area contributed by atoms with Crippen LogP contribution < -0.4 is 10.0 Å². The molecule has 27 heavy (non-hydrogen) atoms. The summed E-state index contributed by atoms with van der Waals surface area (Å²) in [5.41, 5.74) is 1.09. The van der Waals surface area contributed by atoms with Gasteiger partial charge >= 0.3 is 0 Å². The Labute approximate surface area is 157 Å². The predicted octanol–water partition coefficient (Wildman–Crippen LogP) is 3.65. The molecule has 146 valence electrons. The Morgan fingerprint density at radius 3 is 2.37 bits per heavy atom. The van der Waals surface area contributed by atoms with Crippen LogP contribution in [0.15, 0.2) is 42.5 Å². The molecule has 1 amide bonds. The molecule has 8 heteroatoms. The number of benzene rings is 2. The number of hydrogen-bond acceptors (Lipinski definition) is 3. The molecule has 0 heterocycles. The first-order valence-corrected chi connectivity index (χ1v) is 10.2. The van der Waals surface area contributed by atoms with Crippen LogP contribution in [0, 0.1) is 11.6 Å². The van der Waals surface area contributed by atoms with Crippen molar-refractivity contribution in [1.82, 2.24) is 4.72 Å². The minimum atomic E-state index is -3.27. The fourth-order valence-electron chi connectivity index (χ4n) is 2.48. The Hall–Kier alpha value is -2.32. The Morgan fingerprint density at radius 1 is 1.11 bits per heavy atom. The Bertz CT molecular complexity index is 900. The van der Waals surface area contributed by atoms with Crippen LogP contribution in [0.2, 0.25) is 0 Å². The summed E-state index contributed by atoms with van der Waals surface area (Å²) in [5, 5.41) is 2.54. The van der Waals surface area contributed by atoms with Crippen molar-refractivity contribution in [2.24, 2.45) is 0 Å². The van der Waals surface area contributed by atoms with Gasteiger partial charge in [-0.3, -0.25) is 4.79 Å². The second kappa shape index (κ2) is 9.05. The molecule has 1 unspecified atom stereocenters. The van der Waals surface area contributed by atoms with Crippen LogP contribution >= 0.6 is 0 Å². The lowest BCUT2D eigenvalue weighted by molar-refractivity contribution is 0.102. The average molecular weight is 396 g/mol. The van der Waals surface area contributed by atoms with Gasteiger partial charge in [0.25, 0.3) is 5.91 Å². The number of rotatable bonds is 8. The summed E-state index contributed by atoms with van der Waals surface area (Å²) in [6.07, 6.45) is 0.548. The highest BCUT2D eigenvalue weighted by Gasteiger charge is 2.14. The summed E-state index contributed by atoms with van der Waals surface area (Å²) in [6.45, 7) is 3.96. The van der Waals surface area contributed by atoms with Crippen molar-refractivity contribution in [1.29, 1.82) is 0 Å². The first-order valence-electron chi connectivity index (χ1n) is 8.55. The SMILES string of the molecule is CCCS(=O)(=O)NCC(C)c1ccc(NC(=O)c2ccc(F)cc2F)cc1. The molecule has 5 nitrogen and oxygen atoms in total. The molecule has 0 saturated carbocycles. The van der Waals surface area contributed by atoms with E-state index in [1.807, 2.05) is 6.92 Å². The van der Waals surface area contributed by atoms with Crippen molar-refractivity contribution in [2.45, 2.75) is 26.2 Å². The van der Waals surface area contributed by atoms with Gasteiger partial charge in [0.2, 0.25) is 10.0 Å². The van der Waals surface area contributed by atoms with E-state index in [1.54, 1.807) is 31.2 Å². The number of sulfonamides is 1. The van der Waals surface area contributed by atoms with Gasteiger partial charge in [-0.15, -0.1) is 0 Å². The number of carbonyl (C=O) groups is 1. The molecule has 0 fully saturated rings. The predicted molar refractivity (Wildman–Crippen MR) is 101 cm³/mol. The van der Waals surface area contributed by atoms with Gasteiger partial charge in [0.1, 0.15) is 11.6 Å². The number of amides is 1. The molecule has 2 N–H and O–H groups in total. The summed E-state index contributed by atoms with van der Waals surface area (Å²) in [7, 11) is -3.27. The van der Waals surface area contributed by atoms with E-state index >= 15 is 0 Å². The Morgan fingerprint density at radius 2 is 1.78 bits per heavy atom. The van der Waals surface area contributed by atoms with Crippen molar-refractivity contribution in [2.75, 3.05) is 17.6 Å². The largest absolute Gasteiger partial charge is 0.322 e. The third-order valence-electron chi connectivity index (χ3n) is 4.00. The number of nitrogens with one attached hydrogen (secondary N) is 2. The van der Waals surface area contributed by atoms with Gasteiger partial charge in [-0.05, 0) is 42.2 Å². The molecule has 0 bridgehead atoms. The molecule has 1 atom stereocenters. The van der Waals surface area contributed by atoms with Gasteiger partial charge in [-0.2, -0.15) is 0 Å². The summed E-state index contributed by atoms with van der Waals surface area (Å²) >= 11 is 0. The van der Waals surface area contributed by atoms with E-state index in [1.165, 1.54) is 0 Å². The molecule has 2 aromatic rings. The van der Waals surface area contributed by atoms with Crippen LogP contribution in [0.1, 0.15) is 42.1 Å². The zero-order valence-electron chi connectivity index (χ0n) is 15.1. The zero-order valence-corrected chi connectivity index (χ0v) is 15.9. The molecule has 0 spiro atoms. The Balaban J connectivity index is 1.99. The summed E-state index contributed by atoms with van der Waals surface area (Å²) in [6, 6.07) is 9.56. The van der Waals surface area contributed by atoms with E-state index in [2.05, 4.69) is 10.0 Å². The first-order chi connectivity index (χ1) is 12.7. The summed E-state index contributed by atoms with van der Waals surface area (Å²) < 4.78 is 52.6. The Kier molecular flexibility index (Phi) is 7.04. The molecule has 0 aliphatic carbocycles. The van der Waals surface area contributed by atoms with E-state index in [-0.39, 0.29) is 23.8 Å². The maximum atomic E-state index is 13.7. The zero-order chi connectivity index (χ0) is 20.0. The monoisotopic (exact) mass is 396 g/mol. The van der Waals surface area contributed by atoms with Crippen molar-refractivity contribution in [3.63, 3.8) is 0 Å². The fraction of sp³-hybridized carbons (Fsp3) is 0.316. The second-order valence-electron chi connectivity index (χ2n) is 6.27. The van der Waals surface area contributed by atoms with E-state index in [0.717, 1.165) is 17.7 Å². The number of carbonyl (C=O) groups excluding carboxylic acids is 1. The van der Waals surface area contributed by atoms with Gasteiger partial charge in [-0.1, -0.05) is 26.0 Å². The minimum Gasteiger partial charge on any atom is -0.322 e. The molecular formula is C19H22F2N2O3S. The molecule has 0 aliphatic heterocycles. The summed E-state index contributed by atoms with van der Waals surface area (Å²) in [4.78, 5) is 12.1. The second-order valence-corrected chi connectivity index (χ2v) is 8.20. The maximum Gasteiger partial charge on any atom is 0.258 e. The first kappa shape index (κ1) is 21.0. The highest BCUT2D eigenvalue weighted by molar-refractivity contribution is 7.89. The van der Waals surface area contributed by atoms with Crippen molar-refractivity contribution < 1.29 is 22.0 Å². The van der Waals surface area contributed by atoms with Crippen molar-refractivity contribution >= 4 is 21.6 Å². The quantitative estimate of drug-likeness (QED) is 0.715. The van der Waals surface area contributed by atoms with Crippen LogP contribution in [-0.2, 0) is 10.0 Å². The van der Waals surface area contributed by atoms with Crippen LogP contribution in [0.3, 0.4) is 0 Å². The van der Waals surface area contributed by atoms with E-state index < -0.39 is 27.6 Å².